The summed E-state index contributed by atoms with van der Waals surface area (Å²) in [7, 11) is -3.51. The molecule has 1 fully saturated rings. The van der Waals surface area contributed by atoms with Crippen molar-refractivity contribution < 1.29 is 17.3 Å². The number of hydrogen-bond acceptors (Lipinski definition) is 5. The highest BCUT2D eigenvalue weighted by Crippen LogP contribution is 2.38. The predicted molar refractivity (Wildman–Crippen MR) is 130 cm³/mol. The third-order valence-electron chi connectivity index (χ3n) is 6.87. The number of pyridine rings is 1. The summed E-state index contributed by atoms with van der Waals surface area (Å²) >= 11 is 6.52. The van der Waals surface area contributed by atoms with Gasteiger partial charge in [0.05, 0.1) is 21.2 Å². The molecule has 2 aromatic carbocycles. The number of halogens is 2. The first-order valence-electron chi connectivity index (χ1n) is 11.3. The van der Waals surface area contributed by atoms with Crippen molar-refractivity contribution in [2.24, 2.45) is 5.92 Å². The second-order valence-corrected chi connectivity index (χ2v) is 11.5. The van der Waals surface area contributed by atoms with Gasteiger partial charge in [0.15, 0.2) is 9.84 Å². The van der Waals surface area contributed by atoms with E-state index in [0.29, 0.717) is 45.4 Å². The van der Waals surface area contributed by atoms with E-state index < -0.39 is 15.7 Å². The molecule has 2 atom stereocenters. The molecule has 0 radical (unpaired) electrons. The van der Waals surface area contributed by atoms with E-state index in [1.165, 1.54) is 12.1 Å². The minimum Gasteiger partial charge on any atom is -0.360 e. The third-order valence-corrected chi connectivity index (χ3v) is 8.95. The number of sulfone groups is 1. The number of aromatic nitrogens is 2. The Morgan fingerprint density at radius 3 is 2.68 bits per heavy atom. The van der Waals surface area contributed by atoms with Crippen molar-refractivity contribution in [3.05, 3.63) is 69.4 Å². The van der Waals surface area contributed by atoms with Crippen molar-refractivity contribution in [3.8, 4) is 0 Å². The highest BCUT2D eigenvalue weighted by molar-refractivity contribution is 7.91. The van der Waals surface area contributed by atoms with Crippen LogP contribution in [0.3, 0.4) is 0 Å². The van der Waals surface area contributed by atoms with Gasteiger partial charge in [-0.3, -0.25) is 4.79 Å². The molecule has 6 nitrogen and oxygen atoms in total. The molecule has 1 saturated carbocycles. The lowest BCUT2D eigenvalue weighted by molar-refractivity contribution is 0.263. The average molecular weight is 503 g/mol. The molecule has 178 valence electrons. The van der Waals surface area contributed by atoms with Crippen LogP contribution in [-0.4, -0.2) is 23.9 Å². The van der Waals surface area contributed by atoms with Gasteiger partial charge in [-0.25, -0.2) is 12.8 Å². The Bertz CT molecular complexity index is 1540. The van der Waals surface area contributed by atoms with E-state index in [9.17, 15) is 17.6 Å². The molecule has 9 heteroatoms. The molecule has 5 rings (SSSR count). The number of nitrogens with zero attached hydrogens (tertiary/aromatic N) is 2. The first-order valence-corrected chi connectivity index (χ1v) is 13.4. The lowest BCUT2D eigenvalue weighted by atomic mass is 9.83. The molecule has 0 spiro atoms. The Kier molecular flexibility index (Phi) is 5.98. The molecule has 2 unspecified atom stereocenters. The summed E-state index contributed by atoms with van der Waals surface area (Å²) in [5.41, 5.74) is 1.02. The quantitative estimate of drug-likeness (QED) is 0.320. The van der Waals surface area contributed by atoms with Crippen LogP contribution in [0.5, 0.6) is 0 Å². The van der Waals surface area contributed by atoms with Gasteiger partial charge in [-0.2, -0.15) is 0 Å². The van der Waals surface area contributed by atoms with E-state index in [1.54, 1.807) is 17.6 Å². The van der Waals surface area contributed by atoms with Gasteiger partial charge in [0, 0.05) is 11.4 Å². The Morgan fingerprint density at radius 1 is 1.15 bits per heavy atom. The fraction of sp³-hybridized carbons (Fsp3) is 0.360. The summed E-state index contributed by atoms with van der Waals surface area (Å²) in [4.78, 5) is 13.7. The van der Waals surface area contributed by atoms with Gasteiger partial charge in [0.1, 0.15) is 22.5 Å². The van der Waals surface area contributed by atoms with Crippen LogP contribution >= 0.6 is 11.6 Å². The SMILES string of the molecule is Cc1onc2c1c(=O)n(C1CCCC(CCS(=O)(=O)c3ccc(F)cc3)C1)c1cccc(Cl)c21. The zero-order chi connectivity index (χ0) is 24.0. The standard InChI is InChI=1S/C25H24ClFN2O4S/c1-15-22-24(28-33-15)23-20(26)6-3-7-21(23)29(25(22)30)18-5-2-4-16(14-18)12-13-34(31,32)19-10-8-17(27)9-11-19/h3,6-11,16,18H,2,4-5,12-14H2,1H3. The van der Waals surface area contributed by atoms with Gasteiger partial charge in [0.25, 0.3) is 5.56 Å². The van der Waals surface area contributed by atoms with Crippen molar-refractivity contribution in [1.82, 2.24) is 9.72 Å². The summed E-state index contributed by atoms with van der Waals surface area (Å²) in [6.45, 7) is 1.72. The molecule has 0 bridgehead atoms. The highest BCUT2D eigenvalue weighted by Gasteiger charge is 2.29. The Balaban J connectivity index is 1.46. The number of aryl methyl sites for hydroxylation is 1. The molecule has 1 aliphatic rings. The topological polar surface area (TPSA) is 82.2 Å². The van der Waals surface area contributed by atoms with E-state index in [4.69, 9.17) is 16.1 Å². The number of rotatable bonds is 5. The van der Waals surface area contributed by atoms with Gasteiger partial charge in [0.2, 0.25) is 0 Å². The van der Waals surface area contributed by atoms with Crippen molar-refractivity contribution in [3.63, 3.8) is 0 Å². The van der Waals surface area contributed by atoms with Crippen molar-refractivity contribution >= 4 is 43.2 Å². The van der Waals surface area contributed by atoms with Crippen LogP contribution in [0.1, 0.15) is 43.9 Å². The molecule has 0 saturated heterocycles. The summed E-state index contributed by atoms with van der Waals surface area (Å²) < 4.78 is 45.8. The highest BCUT2D eigenvalue weighted by atomic mass is 35.5. The van der Waals surface area contributed by atoms with Crippen molar-refractivity contribution in [1.29, 1.82) is 0 Å². The Hall–Kier alpha value is -2.71. The lowest BCUT2D eigenvalue weighted by Gasteiger charge is -2.31. The van der Waals surface area contributed by atoms with Crippen LogP contribution in [0.2, 0.25) is 5.02 Å². The smallest absolute Gasteiger partial charge is 0.264 e. The van der Waals surface area contributed by atoms with Gasteiger partial charge in [-0.1, -0.05) is 35.7 Å². The summed E-state index contributed by atoms with van der Waals surface area (Å²) in [5, 5.41) is 5.72. The van der Waals surface area contributed by atoms with E-state index in [0.717, 1.165) is 31.4 Å². The minimum atomic E-state index is -3.51. The first-order chi connectivity index (χ1) is 16.3. The van der Waals surface area contributed by atoms with Crippen LogP contribution in [-0.2, 0) is 9.84 Å². The monoisotopic (exact) mass is 502 g/mol. The Morgan fingerprint density at radius 2 is 1.91 bits per heavy atom. The second kappa shape index (κ2) is 8.82. The largest absolute Gasteiger partial charge is 0.360 e. The molecule has 4 aromatic rings. The molecule has 2 aromatic heterocycles. The maximum atomic E-state index is 13.6. The minimum absolute atomic E-state index is 0.0126. The molecule has 34 heavy (non-hydrogen) atoms. The van der Waals surface area contributed by atoms with Gasteiger partial charge >= 0.3 is 0 Å². The molecular formula is C25H24ClFN2O4S. The van der Waals surface area contributed by atoms with Crippen LogP contribution in [0.4, 0.5) is 4.39 Å². The van der Waals surface area contributed by atoms with E-state index in [2.05, 4.69) is 5.16 Å². The maximum absolute atomic E-state index is 13.6. The molecule has 2 heterocycles. The fourth-order valence-corrected chi connectivity index (χ4v) is 6.87. The fourth-order valence-electron chi connectivity index (χ4n) is 5.18. The van der Waals surface area contributed by atoms with Crippen LogP contribution in [0, 0.1) is 18.7 Å². The molecule has 0 N–H and O–H groups in total. The number of benzene rings is 2. The molecular weight excluding hydrogens is 479 g/mol. The van der Waals surface area contributed by atoms with E-state index >= 15 is 0 Å². The summed E-state index contributed by atoms with van der Waals surface area (Å²) in [5.74, 6) is 0.121. The third kappa shape index (κ3) is 4.03. The second-order valence-electron chi connectivity index (χ2n) is 9.02. The summed E-state index contributed by atoms with van der Waals surface area (Å²) in [6, 6.07) is 10.3. The van der Waals surface area contributed by atoms with Crippen LogP contribution < -0.4 is 5.56 Å². The molecule has 0 amide bonds. The molecule has 0 aliphatic heterocycles. The van der Waals surface area contributed by atoms with E-state index in [-0.39, 0.29) is 28.2 Å². The van der Waals surface area contributed by atoms with Crippen molar-refractivity contribution in [2.45, 2.75) is 50.0 Å². The summed E-state index contributed by atoms with van der Waals surface area (Å²) in [6.07, 6.45) is 3.78. The number of hydrogen-bond donors (Lipinski definition) is 0. The first kappa shape index (κ1) is 23.1. The van der Waals surface area contributed by atoms with Gasteiger partial charge in [-0.15, -0.1) is 0 Å². The molecule has 1 aliphatic carbocycles. The zero-order valence-corrected chi connectivity index (χ0v) is 20.2. The predicted octanol–water partition coefficient (Wildman–Crippen LogP) is 5.84. The zero-order valence-electron chi connectivity index (χ0n) is 18.6. The normalized spacial score (nSPS) is 19.1. The van der Waals surface area contributed by atoms with Gasteiger partial charge < -0.3 is 9.09 Å². The lowest BCUT2D eigenvalue weighted by Crippen LogP contribution is -2.30. The van der Waals surface area contributed by atoms with Crippen molar-refractivity contribution in [2.75, 3.05) is 5.75 Å². The van der Waals surface area contributed by atoms with Crippen LogP contribution in [0.25, 0.3) is 21.8 Å². The van der Waals surface area contributed by atoms with Crippen LogP contribution in [0.15, 0.2) is 56.7 Å². The number of fused-ring (bicyclic) bond motifs is 3. The average Bonchev–Trinajstić information content (AvgIpc) is 3.20. The Labute approximate surface area is 201 Å². The maximum Gasteiger partial charge on any atom is 0.264 e. The van der Waals surface area contributed by atoms with Gasteiger partial charge in [-0.05, 0) is 68.5 Å². The van der Waals surface area contributed by atoms with E-state index in [1.807, 2.05) is 12.1 Å².